The number of hydrogen-bond donors (Lipinski definition) is 0. The minimum absolute atomic E-state index is 0.491. The lowest BCUT2D eigenvalue weighted by atomic mass is 9.87. The van der Waals surface area contributed by atoms with Crippen molar-refractivity contribution in [1.29, 1.82) is 0 Å². The highest BCUT2D eigenvalue weighted by Crippen LogP contribution is 2.36. The molecule has 0 amide bonds. The second kappa shape index (κ2) is 13.7. The fourth-order valence-electron chi connectivity index (χ4n) is 5.23. The van der Waals surface area contributed by atoms with Crippen molar-refractivity contribution in [2.24, 2.45) is 11.0 Å². The van der Waals surface area contributed by atoms with E-state index in [-0.39, 0.29) is 0 Å². The first-order valence-electron chi connectivity index (χ1n) is 14.3. The number of nitrogens with zero attached hydrogens (tertiary/aromatic N) is 3. The first-order chi connectivity index (χ1) is 20.1. The molecule has 0 N–H and O–H groups in total. The lowest BCUT2D eigenvalue weighted by Gasteiger charge is -2.26. The van der Waals surface area contributed by atoms with E-state index >= 15 is 0 Å². The Hall–Kier alpha value is -4.51. The molecule has 0 spiro atoms. The number of hydrogen-bond acceptors (Lipinski definition) is 5. The van der Waals surface area contributed by atoms with Gasteiger partial charge in [-0.1, -0.05) is 48.1 Å². The Kier molecular flexibility index (Phi) is 9.37. The molecule has 0 fully saturated rings. The van der Waals surface area contributed by atoms with Gasteiger partial charge in [-0.2, -0.15) is 5.10 Å². The van der Waals surface area contributed by atoms with Crippen molar-refractivity contribution in [2.45, 2.75) is 32.1 Å². The SMILES string of the molecule is COc1ccc(N(c2ccc(/C=N/N(C)C3=CCC(C4=CC=CCCCC4)C=C3)cc2)c2ccc(OC)cc2)cc1. The number of methoxy groups -OCH3 is 2. The van der Waals surface area contributed by atoms with Crippen molar-refractivity contribution in [3.05, 3.63) is 126 Å². The Morgan fingerprint density at radius 3 is 1.98 bits per heavy atom. The van der Waals surface area contributed by atoms with Gasteiger partial charge in [0.05, 0.1) is 26.1 Å². The van der Waals surface area contributed by atoms with E-state index in [2.05, 4.69) is 89.9 Å². The van der Waals surface area contributed by atoms with Gasteiger partial charge in [0.2, 0.25) is 0 Å². The molecule has 0 heterocycles. The summed E-state index contributed by atoms with van der Waals surface area (Å²) in [5.41, 5.74) is 6.83. The summed E-state index contributed by atoms with van der Waals surface area (Å²) in [5, 5.41) is 6.69. The maximum Gasteiger partial charge on any atom is 0.119 e. The highest BCUT2D eigenvalue weighted by Gasteiger charge is 2.16. The number of benzene rings is 3. The normalized spacial score (nSPS) is 16.9. The third-order valence-corrected chi connectivity index (χ3v) is 7.66. The van der Waals surface area contributed by atoms with E-state index in [0.29, 0.717) is 5.92 Å². The third kappa shape index (κ3) is 7.17. The van der Waals surface area contributed by atoms with Gasteiger partial charge in [0.15, 0.2) is 0 Å². The van der Waals surface area contributed by atoms with Crippen LogP contribution in [0.3, 0.4) is 0 Å². The summed E-state index contributed by atoms with van der Waals surface area (Å²) < 4.78 is 10.7. The van der Waals surface area contributed by atoms with Crippen LogP contribution in [0.4, 0.5) is 17.1 Å². The summed E-state index contributed by atoms with van der Waals surface area (Å²) in [5.74, 6) is 2.14. The van der Waals surface area contributed by atoms with E-state index < -0.39 is 0 Å². The molecule has 5 heteroatoms. The van der Waals surface area contributed by atoms with Crippen molar-refractivity contribution in [2.75, 3.05) is 26.2 Å². The average Bonchev–Trinajstić information content (AvgIpc) is 3.01. The Bertz CT molecular complexity index is 1380. The van der Waals surface area contributed by atoms with Crippen molar-refractivity contribution in [1.82, 2.24) is 5.01 Å². The Labute approximate surface area is 244 Å². The maximum absolute atomic E-state index is 5.37. The van der Waals surface area contributed by atoms with Crippen LogP contribution >= 0.6 is 0 Å². The van der Waals surface area contributed by atoms with E-state index in [1.807, 2.05) is 42.5 Å². The molecule has 0 radical (unpaired) electrons. The molecule has 2 aliphatic rings. The van der Waals surface area contributed by atoms with Gasteiger partial charge in [-0.05, 0) is 104 Å². The van der Waals surface area contributed by atoms with Crippen LogP contribution in [0, 0.1) is 5.92 Å². The van der Waals surface area contributed by atoms with E-state index in [0.717, 1.165) is 46.2 Å². The van der Waals surface area contributed by atoms with Crippen molar-refractivity contribution < 1.29 is 9.47 Å². The van der Waals surface area contributed by atoms with Gasteiger partial charge in [0.1, 0.15) is 11.5 Å². The summed E-state index contributed by atoms with van der Waals surface area (Å²) in [7, 11) is 5.37. The van der Waals surface area contributed by atoms with Crippen LogP contribution in [0.1, 0.15) is 37.7 Å². The van der Waals surface area contributed by atoms with Crippen LogP contribution in [0.2, 0.25) is 0 Å². The highest BCUT2D eigenvalue weighted by atomic mass is 16.5. The molecular weight excluding hydrogens is 506 g/mol. The zero-order valence-corrected chi connectivity index (χ0v) is 24.2. The zero-order valence-electron chi connectivity index (χ0n) is 24.2. The lowest BCUT2D eigenvalue weighted by molar-refractivity contribution is 0.415. The molecule has 0 aromatic heterocycles. The lowest BCUT2D eigenvalue weighted by Crippen LogP contribution is -2.14. The van der Waals surface area contributed by atoms with Crippen LogP contribution in [0.15, 0.2) is 126 Å². The Morgan fingerprint density at radius 1 is 0.805 bits per heavy atom. The van der Waals surface area contributed by atoms with Gasteiger partial charge in [-0.25, -0.2) is 0 Å². The summed E-state index contributed by atoms with van der Waals surface area (Å²) in [6.07, 6.45) is 21.6. The van der Waals surface area contributed by atoms with Crippen LogP contribution in [-0.2, 0) is 0 Å². The zero-order chi connectivity index (χ0) is 28.4. The summed E-state index contributed by atoms with van der Waals surface area (Å²) in [4.78, 5) is 2.21. The van der Waals surface area contributed by atoms with Crippen molar-refractivity contribution in [3.63, 3.8) is 0 Å². The molecular formula is C36H39N3O2. The second-order valence-corrected chi connectivity index (χ2v) is 10.3. The predicted molar refractivity (Wildman–Crippen MR) is 171 cm³/mol. The average molecular weight is 546 g/mol. The number of hydrazone groups is 1. The fourth-order valence-corrected chi connectivity index (χ4v) is 5.23. The number of likely N-dealkylation sites (N-methyl/N-ethyl adjacent to an activating group) is 1. The number of allylic oxidation sites excluding steroid dienone is 7. The van der Waals surface area contributed by atoms with Crippen LogP contribution in [-0.4, -0.2) is 32.5 Å². The van der Waals surface area contributed by atoms with E-state index in [9.17, 15) is 0 Å². The van der Waals surface area contributed by atoms with Crippen molar-refractivity contribution >= 4 is 23.3 Å². The minimum Gasteiger partial charge on any atom is -0.497 e. The molecule has 210 valence electrons. The molecule has 1 atom stereocenters. The Morgan fingerprint density at radius 2 is 1.41 bits per heavy atom. The largest absolute Gasteiger partial charge is 0.497 e. The smallest absolute Gasteiger partial charge is 0.119 e. The van der Waals surface area contributed by atoms with Crippen LogP contribution in [0.25, 0.3) is 0 Å². The summed E-state index contributed by atoms with van der Waals surface area (Å²) in [6, 6.07) is 24.6. The van der Waals surface area contributed by atoms with Gasteiger partial charge in [-0.3, -0.25) is 5.01 Å². The molecule has 2 aliphatic carbocycles. The fraction of sp³-hybridized carbons (Fsp3) is 0.250. The van der Waals surface area contributed by atoms with E-state index in [4.69, 9.17) is 14.6 Å². The molecule has 0 aliphatic heterocycles. The minimum atomic E-state index is 0.491. The molecule has 0 saturated heterocycles. The maximum atomic E-state index is 5.37. The number of anilines is 3. The van der Waals surface area contributed by atoms with Gasteiger partial charge in [0.25, 0.3) is 0 Å². The first-order valence-corrected chi connectivity index (χ1v) is 14.3. The Balaban J connectivity index is 1.28. The quantitative estimate of drug-likeness (QED) is 0.199. The number of ether oxygens (including phenoxy) is 2. The topological polar surface area (TPSA) is 37.3 Å². The molecule has 1 unspecified atom stereocenters. The first kappa shape index (κ1) is 28.0. The van der Waals surface area contributed by atoms with Gasteiger partial charge < -0.3 is 14.4 Å². The van der Waals surface area contributed by atoms with E-state index in [1.54, 1.807) is 14.2 Å². The van der Waals surface area contributed by atoms with Gasteiger partial charge >= 0.3 is 0 Å². The standard InChI is InChI=1S/C36H39N3O2/c1-38(31-17-13-30(14-18-31)29-9-7-5-4-6-8-10-29)37-27-28-11-15-32(16-12-28)39(33-19-23-35(40-2)24-20-33)34-21-25-36(41-3)26-22-34/h5,7,9,11-13,15-27,30H,4,6,8,10,14H2,1-3H3/b7-5?,29-9?,37-27+. The summed E-state index contributed by atoms with van der Waals surface area (Å²) in [6.45, 7) is 0. The van der Waals surface area contributed by atoms with E-state index in [1.165, 1.54) is 31.3 Å². The molecule has 3 aromatic carbocycles. The molecule has 5 rings (SSSR count). The molecule has 0 saturated carbocycles. The number of rotatable bonds is 9. The highest BCUT2D eigenvalue weighted by molar-refractivity contribution is 5.82. The molecule has 3 aromatic rings. The van der Waals surface area contributed by atoms with Crippen LogP contribution < -0.4 is 14.4 Å². The monoisotopic (exact) mass is 545 g/mol. The second-order valence-electron chi connectivity index (χ2n) is 10.3. The molecule has 5 nitrogen and oxygen atoms in total. The third-order valence-electron chi connectivity index (χ3n) is 7.66. The van der Waals surface area contributed by atoms with Gasteiger partial charge in [0, 0.05) is 30.0 Å². The molecule has 41 heavy (non-hydrogen) atoms. The van der Waals surface area contributed by atoms with Crippen molar-refractivity contribution in [3.8, 4) is 11.5 Å². The van der Waals surface area contributed by atoms with Gasteiger partial charge in [-0.15, -0.1) is 0 Å². The predicted octanol–water partition coefficient (Wildman–Crippen LogP) is 8.96. The van der Waals surface area contributed by atoms with Crippen LogP contribution in [0.5, 0.6) is 11.5 Å². The summed E-state index contributed by atoms with van der Waals surface area (Å²) >= 11 is 0. The molecule has 0 bridgehead atoms.